The molecule has 15 heteroatoms. The fraction of sp³-hybridized carbons (Fsp3) is 0.435. The van der Waals surface area contributed by atoms with Crippen LogP contribution in [0.25, 0.3) is 0 Å². The van der Waals surface area contributed by atoms with Crippen molar-refractivity contribution in [1.29, 1.82) is 0 Å². The van der Waals surface area contributed by atoms with Crippen LogP contribution in [0.2, 0.25) is 0 Å². The van der Waals surface area contributed by atoms with E-state index >= 15 is 0 Å². The van der Waals surface area contributed by atoms with E-state index in [9.17, 15) is 35.8 Å². The highest BCUT2D eigenvalue weighted by molar-refractivity contribution is 7.86. The minimum atomic E-state index is -4.45. The molecule has 330 valence electrons. The number of hydrogen-bond donors (Lipinski definition) is 3. The summed E-state index contributed by atoms with van der Waals surface area (Å²) in [5, 5.41) is 9.21. The fourth-order valence-electron chi connectivity index (χ4n) is 8.08. The van der Waals surface area contributed by atoms with Gasteiger partial charge >= 0.3 is 5.97 Å². The van der Waals surface area contributed by atoms with E-state index in [0.29, 0.717) is 31.0 Å². The van der Waals surface area contributed by atoms with E-state index in [-0.39, 0.29) is 16.2 Å². The Balaban J connectivity index is 1.65. The van der Waals surface area contributed by atoms with Gasteiger partial charge in [0.15, 0.2) is 12.3 Å². The predicted octanol–water partition coefficient (Wildman–Crippen LogP) is 6.97. The average molecular weight is 880 g/mol. The number of benzene rings is 3. The molecule has 0 radical (unpaired) electrons. The maximum Gasteiger partial charge on any atom is 0.303 e. The lowest BCUT2D eigenvalue weighted by Gasteiger charge is -2.29. The number of aliphatic carboxylic acids is 1. The largest absolute Gasteiger partial charge is 0.481 e. The Bertz CT molecular complexity index is 2510. The molecule has 0 atom stereocenters. The third-order valence-electron chi connectivity index (χ3n) is 11.3. The number of allylic oxidation sites excluding steroid dienone is 5. The first-order valence-corrected chi connectivity index (χ1v) is 23.3. The van der Waals surface area contributed by atoms with Gasteiger partial charge in [0.05, 0.1) is 77.0 Å². The summed E-state index contributed by atoms with van der Waals surface area (Å²) < 4.78 is 79.4. The number of carboxylic acid groups (broad SMARTS) is 1. The lowest BCUT2D eigenvalue weighted by atomic mass is 9.81. The first kappa shape index (κ1) is 47.4. The third kappa shape index (κ3) is 11.6. The molecule has 5 rings (SSSR count). The van der Waals surface area contributed by atoms with E-state index in [0.717, 1.165) is 74.4 Å². The van der Waals surface area contributed by atoms with Crippen molar-refractivity contribution in [1.82, 2.24) is 0 Å². The van der Waals surface area contributed by atoms with Gasteiger partial charge in [-0.2, -0.15) is 21.4 Å². The molecule has 0 saturated heterocycles. The van der Waals surface area contributed by atoms with Gasteiger partial charge in [-0.05, 0) is 92.1 Å². The first-order chi connectivity index (χ1) is 28.1. The molecule has 0 bridgehead atoms. The molecule has 0 spiro atoms. The highest BCUT2D eigenvalue weighted by Crippen LogP contribution is 2.49. The molecule has 13 nitrogen and oxygen atoms in total. The van der Waals surface area contributed by atoms with Crippen molar-refractivity contribution in [2.24, 2.45) is 0 Å². The summed E-state index contributed by atoms with van der Waals surface area (Å²) in [6.07, 6.45) is 9.78. The Morgan fingerprint density at radius 2 is 1.36 bits per heavy atom. The Kier molecular flexibility index (Phi) is 13.7. The molecule has 3 aromatic carbocycles. The summed E-state index contributed by atoms with van der Waals surface area (Å²) >= 11 is 0. The summed E-state index contributed by atoms with van der Waals surface area (Å²) in [7, 11) is 3.90. The number of carbonyl (C=O) groups is 1. The van der Waals surface area contributed by atoms with E-state index in [2.05, 4.69) is 51.8 Å². The number of hydrogen-bond acceptors (Lipinski definition) is 7. The van der Waals surface area contributed by atoms with Crippen LogP contribution in [0.15, 0.2) is 106 Å². The molecule has 0 fully saturated rings. The fourth-order valence-corrected chi connectivity index (χ4v) is 9.09. The van der Waals surface area contributed by atoms with Crippen molar-refractivity contribution in [2.75, 3.05) is 73.4 Å². The molecule has 0 amide bonds. The van der Waals surface area contributed by atoms with E-state index in [1.54, 1.807) is 36.4 Å². The van der Waals surface area contributed by atoms with Gasteiger partial charge in [0.1, 0.15) is 11.5 Å². The lowest BCUT2D eigenvalue weighted by Crippen LogP contribution is -2.37. The minimum absolute atomic E-state index is 0.00458. The van der Waals surface area contributed by atoms with Crippen LogP contribution in [0.5, 0.6) is 5.75 Å². The maximum atomic E-state index is 12.3. The molecule has 2 heterocycles. The van der Waals surface area contributed by atoms with Gasteiger partial charge < -0.3 is 23.7 Å². The summed E-state index contributed by atoms with van der Waals surface area (Å²) in [6.45, 7) is 11.2. The van der Waals surface area contributed by atoms with Gasteiger partial charge in [0, 0.05) is 53.9 Å². The molecule has 3 N–H and O–H groups in total. The van der Waals surface area contributed by atoms with Crippen molar-refractivity contribution in [3.8, 4) is 5.75 Å². The number of ether oxygens (including phenoxy) is 1. The molecular weight excluding hydrogens is 817 g/mol. The van der Waals surface area contributed by atoms with Crippen LogP contribution in [0, 0.1) is 0 Å². The maximum absolute atomic E-state index is 12.3. The Morgan fingerprint density at radius 1 is 0.787 bits per heavy atom. The SMILES string of the molecule is CC1(C)C(/C=C/C(=C/C=C2/N(CCC[N+](C)(C)C)c3ccc(S(=O)(=O)O)cc3C2(C)C)Oc2ccc(CCC(=O)O)cc2)=[N+](CCC[N+](C)(C)C)c2ccc(S(=O)(=O)O)cc21. The van der Waals surface area contributed by atoms with Crippen LogP contribution in [0.4, 0.5) is 11.4 Å². The quantitative estimate of drug-likeness (QED) is 0.0401. The summed E-state index contributed by atoms with van der Waals surface area (Å²) in [5.41, 5.74) is 4.52. The zero-order valence-electron chi connectivity index (χ0n) is 37.1. The zero-order valence-corrected chi connectivity index (χ0v) is 38.8. The molecule has 0 aliphatic carbocycles. The molecule has 2 aliphatic rings. The van der Waals surface area contributed by atoms with Crippen LogP contribution < -0.4 is 9.64 Å². The van der Waals surface area contributed by atoms with Gasteiger partial charge in [0.2, 0.25) is 5.69 Å². The summed E-state index contributed by atoms with van der Waals surface area (Å²) in [4.78, 5) is 13.1. The molecule has 2 aliphatic heterocycles. The number of carboxylic acids is 1. The van der Waals surface area contributed by atoms with Crippen LogP contribution in [-0.2, 0) is 42.3 Å². The number of nitrogens with zero attached hydrogens (tertiary/aromatic N) is 4. The number of fused-ring (bicyclic) bond motifs is 2. The zero-order chi connectivity index (χ0) is 45.3. The van der Waals surface area contributed by atoms with Crippen molar-refractivity contribution < 1.29 is 54.1 Å². The normalized spacial score (nSPS) is 17.3. The van der Waals surface area contributed by atoms with Gasteiger partial charge in [-0.3, -0.25) is 13.9 Å². The number of rotatable bonds is 18. The van der Waals surface area contributed by atoms with Crippen molar-refractivity contribution in [2.45, 2.75) is 74.0 Å². The predicted molar refractivity (Wildman–Crippen MR) is 239 cm³/mol. The molecule has 0 saturated carbocycles. The van der Waals surface area contributed by atoms with Crippen molar-refractivity contribution in [3.63, 3.8) is 0 Å². The number of quaternary nitrogens is 2. The van der Waals surface area contributed by atoms with E-state index < -0.39 is 37.0 Å². The van der Waals surface area contributed by atoms with Gasteiger partial charge in [-0.15, -0.1) is 0 Å². The monoisotopic (exact) mass is 879 g/mol. The minimum Gasteiger partial charge on any atom is -0.481 e. The van der Waals surface area contributed by atoms with Crippen molar-refractivity contribution >= 4 is 43.3 Å². The molecule has 0 aromatic heterocycles. The highest BCUT2D eigenvalue weighted by Gasteiger charge is 2.45. The van der Waals surface area contributed by atoms with Crippen molar-refractivity contribution in [3.05, 3.63) is 113 Å². The lowest BCUT2D eigenvalue weighted by molar-refractivity contribution is -0.871. The Labute approximate surface area is 362 Å². The molecule has 61 heavy (non-hydrogen) atoms. The summed E-state index contributed by atoms with van der Waals surface area (Å²) in [5.74, 6) is 0.111. The summed E-state index contributed by atoms with van der Waals surface area (Å²) in [6, 6.07) is 16.7. The Hall–Kier alpha value is -4.64. The third-order valence-corrected chi connectivity index (χ3v) is 13.0. The van der Waals surface area contributed by atoms with E-state index in [1.807, 2.05) is 64.1 Å². The second-order valence-corrected chi connectivity index (χ2v) is 21.9. The second kappa shape index (κ2) is 17.6. The van der Waals surface area contributed by atoms with Crippen LogP contribution in [0.3, 0.4) is 0 Å². The highest BCUT2D eigenvalue weighted by atomic mass is 32.2. The van der Waals surface area contributed by atoms with Gasteiger partial charge in [-0.1, -0.05) is 26.0 Å². The van der Waals surface area contributed by atoms with Gasteiger partial charge in [0.25, 0.3) is 20.2 Å². The number of anilines is 1. The molecular formula is C46H63N4O9S2+3. The van der Waals surface area contributed by atoms with Crippen LogP contribution >= 0.6 is 0 Å². The topological polar surface area (TPSA) is 162 Å². The number of aryl methyl sites for hydroxylation is 1. The van der Waals surface area contributed by atoms with Crippen LogP contribution in [-0.4, -0.2) is 125 Å². The van der Waals surface area contributed by atoms with Gasteiger partial charge in [-0.25, -0.2) is 0 Å². The Morgan fingerprint density at radius 3 is 1.93 bits per heavy atom. The van der Waals surface area contributed by atoms with E-state index in [1.165, 1.54) is 12.1 Å². The molecule has 0 unspecified atom stereocenters. The van der Waals surface area contributed by atoms with E-state index in [4.69, 9.17) is 4.74 Å². The molecule has 3 aromatic rings. The standard InChI is InChI=1S/C46H60N4O9S2/c1-45(2)38-31-36(60(53,54)55)20-22-40(38)47(27-11-29-49(5,6)7)42(45)24-18-35(59-34-16-13-33(14-17-34)15-26-44(51)52)19-25-43-46(3,4)39-32-37(61(56,57)58)21-23-41(39)48(43)28-12-30-50(8,9)10/h13-14,16-25,31-32H,11-12,15,26-30H2,1-10H3/p+3. The second-order valence-electron chi connectivity index (χ2n) is 19.1. The average Bonchev–Trinajstić information content (AvgIpc) is 3.48. The smallest absolute Gasteiger partial charge is 0.303 e. The van der Waals surface area contributed by atoms with Crippen LogP contribution in [0.1, 0.15) is 63.6 Å². The first-order valence-electron chi connectivity index (χ1n) is 20.4.